The zero-order valence-electron chi connectivity index (χ0n) is 18.8. The Morgan fingerprint density at radius 1 is 1.06 bits per heavy atom. The third-order valence-electron chi connectivity index (χ3n) is 7.81. The van der Waals surface area contributed by atoms with Gasteiger partial charge in [-0.3, -0.25) is 0 Å². The fourth-order valence-electron chi connectivity index (χ4n) is 6.15. The number of anilines is 1. The minimum Gasteiger partial charge on any atom is -0.381 e. The summed E-state index contributed by atoms with van der Waals surface area (Å²) in [5.74, 6) is 3.45. The van der Waals surface area contributed by atoms with Crippen molar-refractivity contribution >= 4 is 27.2 Å². The van der Waals surface area contributed by atoms with Gasteiger partial charge < -0.3 is 15.0 Å². The van der Waals surface area contributed by atoms with Crippen molar-refractivity contribution in [1.82, 2.24) is 15.1 Å². The monoisotopic (exact) mass is 448 g/mol. The highest BCUT2D eigenvalue weighted by molar-refractivity contribution is 7.17. The number of nitrogens with one attached hydrogen (secondary N) is 1. The fraction of sp³-hybridized carbons (Fsp3) is 0.538. The highest BCUT2D eigenvalue weighted by Crippen LogP contribution is 2.41. The Labute approximate surface area is 194 Å². The van der Waals surface area contributed by atoms with E-state index in [9.17, 15) is 0 Å². The molecule has 2 unspecified atom stereocenters. The maximum absolute atomic E-state index is 5.54. The van der Waals surface area contributed by atoms with Crippen LogP contribution in [0.4, 0.5) is 5.82 Å². The van der Waals surface area contributed by atoms with Gasteiger partial charge in [-0.15, -0.1) is 21.5 Å². The molecule has 32 heavy (non-hydrogen) atoms. The van der Waals surface area contributed by atoms with E-state index in [-0.39, 0.29) is 0 Å². The summed E-state index contributed by atoms with van der Waals surface area (Å²) in [4.78, 5) is 2.73. The van der Waals surface area contributed by atoms with Gasteiger partial charge in [0.25, 0.3) is 0 Å². The topological polar surface area (TPSA) is 50.3 Å². The van der Waals surface area contributed by atoms with Crippen LogP contribution in [0, 0.1) is 24.7 Å². The number of thiophene rings is 1. The van der Waals surface area contributed by atoms with E-state index in [1.54, 1.807) is 11.3 Å². The molecule has 168 valence electrons. The lowest BCUT2D eigenvalue weighted by molar-refractivity contribution is 0.0545. The summed E-state index contributed by atoms with van der Waals surface area (Å²) in [7, 11) is 0. The number of ether oxygens (including phenoxy) is 1. The smallest absolute Gasteiger partial charge is 0.157 e. The molecule has 1 aromatic carbocycles. The number of rotatable bonds is 5. The normalized spacial score (nSPS) is 26.6. The molecule has 1 aliphatic carbocycles. The predicted octanol–water partition coefficient (Wildman–Crippen LogP) is 5.22. The van der Waals surface area contributed by atoms with Gasteiger partial charge in [-0.1, -0.05) is 24.3 Å². The van der Waals surface area contributed by atoms with E-state index in [1.807, 2.05) is 0 Å². The summed E-state index contributed by atoms with van der Waals surface area (Å²) in [5, 5.41) is 16.5. The van der Waals surface area contributed by atoms with Crippen LogP contribution in [0.5, 0.6) is 0 Å². The third kappa shape index (κ3) is 3.93. The predicted molar refractivity (Wildman–Crippen MR) is 131 cm³/mol. The molecule has 6 rings (SSSR count). The summed E-state index contributed by atoms with van der Waals surface area (Å²) in [6.45, 7) is 7.87. The van der Waals surface area contributed by atoms with Crippen molar-refractivity contribution in [3.05, 3.63) is 41.3 Å². The number of aromatic nitrogens is 2. The molecule has 0 radical (unpaired) electrons. The number of hydrogen-bond acceptors (Lipinski definition) is 6. The minimum absolute atomic E-state index is 0.511. The maximum atomic E-state index is 5.54. The third-order valence-corrected chi connectivity index (χ3v) is 8.73. The first-order chi connectivity index (χ1) is 15.7. The Balaban J connectivity index is 1.13. The standard InChI is InChI=1S/C26H32N4OS/c1-17-4-2-3-5-22(17)24-25-23(8-11-32-25)26(29-28-24)27-21-12-19-15-30(16-20(19)13-21)14-18-6-9-31-10-7-18/h2-5,8,11,18-21H,6-7,9-10,12-16H2,1H3,(H,27,29)/t19-,20?,21?/m1/s1. The first kappa shape index (κ1) is 20.6. The Bertz CT molecular complexity index is 1080. The summed E-state index contributed by atoms with van der Waals surface area (Å²) in [6, 6.07) is 11.2. The van der Waals surface area contributed by atoms with Gasteiger partial charge >= 0.3 is 0 Å². The number of fused-ring (bicyclic) bond motifs is 2. The van der Waals surface area contributed by atoms with Gasteiger partial charge in [0.1, 0.15) is 5.69 Å². The summed E-state index contributed by atoms with van der Waals surface area (Å²) < 4.78 is 6.77. The van der Waals surface area contributed by atoms with Crippen LogP contribution in [0.1, 0.15) is 31.2 Å². The molecular formula is C26H32N4OS. The molecule has 1 saturated carbocycles. The number of benzene rings is 1. The molecule has 3 aliphatic rings. The minimum atomic E-state index is 0.511. The van der Waals surface area contributed by atoms with Gasteiger partial charge in [0.2, 0.25) is 0 Å². The average Bonchev–Trinajstić information content (AvgIpc) is 3.51. The molecule has 3 fully saturated rings. The lowest BCUT2D eigenvalue weighted by atomic mass is 10.00. The Morgan fingerprint density at radius 2 is 1.84 bits per heavy atom. The summed E-state index contributed by atoms with van der Waals surface area (Å²) in [5.41, 5.74) is 3.43. The van der Waals surface area contributed by atoms with Gasteiger partial charge in [-0.05, 0) is 67.4 Å². The average molecular weight is 449 g/mol. The summed E-state index contributed by atoms with van der Waals surface area (Å²) in [6.07, 6.45) is 4.98. The molecule has 2 saturated heterocycles. The van der Waals surface area contributed by atoms with Crippen molar-refractivity contribution in [2.24, 2.45) is 17.8 Å². The second-order valence-electron chi connectivity index (χ2n) is 9.98. The number of likely N-dealkylation sites (tertiary alicyclic amines) is 1. The first-order valence-electron chi connectivity index (χ1n) is 12.1. The Kier molecular flexibility index (Phi) is 5.61. The lowest BCUT2D eigenvalue weighted by Gasteiger charge is -2.27. The van der Waals surface area contributed by atoms with E-state index in [2.05, 4.69) is 63.0 Å². The quantitative estimate of drug-likeness (QED) is 0.580. The van der Waals surface area contributed by atoms with Crippen LogP contribution in [-0.2, 0) is 4.74 Å². The van der Waals surface area contributed by atoms with Gasteiger partial charge in [0.05, 0.1) is 4.70 Å². The van der Waals surface area contributed by atoms with Crippen molar-refractivity contribution in [3.63, 3.8) is 0 Å². The second-order valence-corrected chi connectivity index (χ2v) is 10.9. The number of aryl methyl sites for hydroxylation is 1. The maximum Gasteiger partial charge on any atom is 0.157 e. The van der Waals surface area contributed by atoms with Gasteiger partial charge in [-0.2, -0.15) is 0 Å². The summed E-state index contributed by atoms with van der Waals surface area (Å²) >= 11 is 1.76. The van der Waals surface area contributed by atoms with E-state index < -0.39 is 0 Å². The lowest BCUT2D eigenvalue weighted by Crippen LogP contribution is -2.32. The zero-order chi connectivity index (χ0) is 21.5. The van der Waals surface area contributed by atoms with Crippen molar-refractivity contribution < 1.29 is 4.74 Å². The molecule has 4 heterocycles. The molecule has 3 atom stereocenters. The molecule has 0 spiro atoms. The molecule has 0 amide bonds. The van der Waals surface area contributed by atoms with E-state index in [0.29, 0.717) is 6.04 Å². The van der Waals surface area contributed by atoms with Crippen LogP contribution in [0.2, 0.25) is 0 Å². The van der Waals surface area contributed by atoms with Crippen LogP contribution in [0.15, 0.2) is 35.7 Å². The molecule has 1 N–H and O–H groups in total. The van der Waals surface area contributed by atoms with Crippen molar-refractivity contribution in [2.45, 2.75) is 38.6 Å². The van der Waals surface area contributed by atoms with Crippen LogP contribution in [0.25, 0.3) is 21.3 Å². The van der Waals surface area contributed by atoms with Crippen LogP contribution < -0.4 is 5.32 Å². The van der Waals surface area contributed by atoms with Crippen molar-refractivity contribution in [2.75, 3.05) is 38.2 Å². The molecule has 0 bridgehead atoms. The van der Waals surface area contributed by atoms with E-state index in [4.69, 9.17) is 4.74 Å². The van der Waals surface area contributed by atoms with Crippen LogP contribution >= 0.6 is 11.3 Å². The van der Waals surface area contributed by atoms with Crippen molar-refractivity contribution in [1.29, 1.82) is 0 Å². The van der Waals surface area contributed by atoms with Crippen LogP contribution in [0.3, 0.4) is 0 Å². The second kappa shape index (κ2) is 8.73. The molecule has 2 aromatic heterocycles. The highest BCUT2D eigenvalue weighted by atomic mass is 32.1. The fourth-order valence-corrected chi connectivity index (χ4v) is 7.05. The largest absolute Gasteiger partial charge is 0.381 e. The first-order valence-corrected chi connectivity index (χ1v) is 13.0. The SMILES string of the molecule is Cc1ccccc1-c1nnc(NC2CC3CN(CC4CCOCC4)C[C@H]3C2)c2ccsc12. The highest BCUT2D eigenvalue weighted by Gasteiger charge is 2.41. The molecule has 3 aromatic rings. The van der Waals surface area contributed by atoms with Crippen molar-refractivity contribution in [3.8, 4) is 11.3 Å². The molecular weight excluding hydrogens is 416 g/mol. The van der Waals surface area contributed by atoms with E-state index in [1.165, 1.54) is 66.5 Å². The molecule has 5 nitrogen and oxygen atoms in total. The Morgan fingerprint density at radius 3 is 2.62 bits per heavy atom. The van der Waals surface area contributed by atoms with E-state index in [0.717, 1.165) is 42.5 Å². The van der Waals surface area contributed by atoms with E-state index >= 15 is 0 Å². The zero-order valence-corrected chi connectivity index (χ0v) is 19.6. The molecule has 2 aliphatic heterocycles. The Hall–Kier alpha value is -2.02. The molecule has 6 heteroatoms. The number of nitrogens with zero attached hydrogens (tertiary/aromatic N) is 3. The van der Waals surface area contributed by atoms with Gasteiger partial charge in [-0.25, -0.2) is 0 Å². The number of hydrogen-bond donors (Lipinski definition) is 1. The van der Waals surface area contributed by atoms with Crippen LogP contribution in [-0.4, -0.2) is 54.0 Å². The van der Waals surface area contributed by atoms with Gasteiger partial charge in [0, 0.05) is 49.8 Å². The van der Waals surface area contributed by atoms with Gasteiger partial charge in [0.15, 0.2) is 5.82 Å².